The first kappa shape index (κ1) is 25.8. The second kappa shape index (κ2) is 12.1. The van der Waals surface area contributed by atoms with E-state index in [0.717, 1.165) is 31.7 Å². The summed E-state index contributed by atoms with van der Waals surface area (Å²) in [6.07, 6.45) is 1.82. The maximum atomic E-state index is 13.0. The Morgan fingerprint density at radius 1 is 1.00 bits per heavy atom. The van der Waals surface area contributed by atoms with Gasteiger partial charge in [-0.3, -0.25) is 9.69 Å². The number of ether oxygens (including phenoxy) is 4. The van der Waals surface area contributed by atoms with Crippen LogP contribution in [0.5, 0.6) is 17.2 Å². The van der Waals surface area contributed by atoms with Crippen LogP contribution in [-0.4, -0.2) is 64.5 Å². The molecule has 0 saturated carbocycles. The summed E-state index contributed by atoms with van der Waals surface area (Å²) < 4.78 is 21.5. The minimum absolute atomic E-state index is 0.108. The Hall–Kier alpha value is -2.77. The SMILES string of the molecule is COCCOc1cc(OC)cc(C(=O)NC2CCN(C(C)c3ccc(OC)c(C)c3C)CC2)c1. The van der Waals surface area contributed by atoms with Gasteiger partial charge in [-0.05, 0) is 68.5 Å². The van der Waals surface area contributed by atoms with Crippen LogP contribution in [0, 0.1) is 13.8 Å². The standard InChI is InChI=1S/C27H38N2O5/c1-18-19(2)26(33-6)8-7-25(18)20(3)29-11-9-22(10-12-29)28-27(30)21-15-23(32-5)17-24(16-21)34-14-13-31-4/h7-8,15-17,20,22H,9-14H2,1-6H3,(H,28,30). The van der Waals surface area contributed by atoms with Crippen LogP contribution in [0.1, 0.15) is 52.9 Å². The lowest BCUT2D eigenvalue weighted by Gasteiger charge is -2.37. The molecule has 2 aromatic rings. The van der Waals surface area contributed by atoms with E-state index < -0.39 is 0 Å². The Morgan fingerprint density at radius 2 is 1.71 bits per heavy atom. The van der Waals surface area contributed by atoms with Gasteiger partial charge in [-0.15, -0.1) is 0 Å². The van der Waals surface area contributed by atoms with Crippen molar-refractivity contribution >= 4 is 5.91 Å². The quantitative estimate of drug-likeness (QED) is 0.522. The average molecular weight is 471 g/mol. The fourth-order valence-electron chi connectivity index (χ4n) is 4.53. The van der Waals surface area contributed by atoms with E-state index in [1.807, 2.05) is 0 Å². The molecule has 1 fully saturated rings. The van der Waals surface area contributed by atoms with Crippen LogP contribution in [0.15, 0.2) is 30.3 Å². The number of likely N-dealkylation sites (tertiary alicyclic amines) is 1. The Morgan fingerprint density at radius 3 is 2.35 bits per heavy atom. The average Bonchev–Trinajstić information content (AvgIpc) is 2.85. The van der Waals surface area contributed by atoms with Gasteiger partial charge >= 0.3 is 0 Å². The number of hydrogen-bond acceptors (Lipinski definition) is 6. The molecule has 0 aliphatic carbocycles. The molecular formula is C27H38N2O5. The van der Waals surface area contributed by atoms with Crippen LogP contribution in [0.4, 0.5) is 0 Å². The number of hydrogen-bond donors (Lipinski definition) is 1. The van der Waals surface area contributed by atoms with Crippen LogP contribution in [-0.2, 0) is 4.74 Å². The predicted molar refractivity (Wildman–Crippen MR) is 133 cm³/mol. The van der Waals surface area contributed by atoms with E-state index >= 15 is 0 Å². The highest BCUT2D eigenvalue weighted by Gasteiger charge is 2.26. The summed E-state index contributed by atoms with van der Waals surface area (Å²) in [6.45, 7) is 9.28. The summed E-state index contributed by atoms with van der Waals surface area (Å²) >= 11 is 0. The fraction of sp³-hybridized carbons (Fsp3) is 0.519. The van der Waals surface area contributed by atoms with Crippen LogP contribution in [0.2, 0.25) is 0 Å². The first-order valence-electron chi connectivity index (χ1n) is 11.9. The van der Waals surface area contributed by atoms with Gasteiger partial charge < -0.3 is 24.3 Å². The smallest absolute Gasteiger partial charge is 0.251 e. The van der Waals surface area contributed by atoms with Gasteiger partial charge in [-0.25, -0.2) is 0 Å². The number of rotatable bonds is 10. The summed E-state index contributed by atoms with van der Waals surface area (Å²) in [7, 11) is 4.92. The molecule has 1 aliphatic rings. The number of nitrogens with zero attached hydrogens (tertiary/aromatic N) is 1. The predicted octanol–water partition coefficient (Wildman–Crippen LogP) is 4.30. The minimum Gasteiger partial charge on any atom is -0.497 e. The molecule has 1 unspecified atom stereocenters. The van der Waals surface area contributed by atoms with Crippen molar-refractivity contribution in [3.63, 3.8) is 0 Å². The van der Waals surface area contributed by atoms with Crippen molar-refractivity contribution in [3.05, 3.63) is 52.6 Å². The molecule has 7 nitrogen and oxygen atoms in total. The molecule has 3 rings (SSSR count). The van der Waals surface area contributed by atoms with Crippen molar-refractivity contribution in [1.29, 1.82) is 0 Å². The van der Waals surface area contributed by atoms with Gasteiger partial charge in [0.2, 0.25) is 0 Å². The number of amides is 1. The number of benzene rings is 2. The summed E-state index contributed by atoms with van der Waals surface area (Å²) in [5, 5.41) is 3.20. The molecular weight excluding hydrogens is 432 g/mol. The van der Waals surface area contributed by atoms with E-state index in [2.05, 4.69) is 43.1 Å². The highest BCUT2D eigenvalue weighted by Crippen LogP contribution is 2.32. The van der Waals surface area contributed by atoms with E-state index in [9.17, 15) is 4.79 Å². The third-order valence-electron chi connectivity index (χ3n) is 6.80. The second-order valence-corrected chi connectivity index (χ2v) is 8.81. The number of carbonyl (C=O) groups excluding carboxylic acids is 1. The van der Waals surface area contributed by atoms with Gasteiger partial charge in [-0.1, -0.05) is 6.07 Å². The molecule has 1 N–H and O–H groups in total. The Labute approximate surface area is 203 Å². The molecule has 1 heterocycles. The number of carbonyl (C=O) groups is 1. The maximum Gasteiger partial charge on any atom is 0.251 e. The zero-order valence-corrected chi connectivity index (χ0v) is 21.3. The number of nitrogens with one attached hydrogen (secondary N) is 1. The van der Waals surface area contributed by atoms with Crippen molar-refractivity contribution in [2.45, 2.75) is 45.7 Å². The van der Waals surface area contributed by atoms with Crippen LogP contribution in [0.25, 0.3) is 0 Å². The van der Waals surface area contributed by atoms with Gasteiger partial charge in [0, 0.05) is 43.9 Å². The first-order valence-corrected chi connectivity index (χ1v) is 11.9. The van der Waals surface area contributed by atoms with Crippen LogP contribution < -0.4 is 19.5 Å². The third kappa shape index (κ3) is 6.21. The minimum atomic E-state index is -0.108. The molecule has 2 aromatic carbocycles. The molecule has 0 aromatic heterocycles. The van der Waals surface area contributed by atoms with Crippen LogP contribution in [0.3, 0.4) is 0 Å². The lowest BCUT2D eigenvalue weighted by molar-refractivity contribution is 0.0894. The van der Waals surface area contributed by atoms with E-state index in [0.29, 0.717) is 36.3 Å². The van der Waals surface area contributed by atoms with Gasteiger partial charge in [-0.2, -0.15) is 0 Å². The van der Waals surface area contributed by atoms with Crippen molar-refractivity contribution in [2.24, 2.45) is 0 Å². The zero-order chi connectivity index (χ0) is 24.7. The summed E-state index contributed by atoms with van der Waals surface area (Å²) in [5.41, 5.74) is 4.34. The van der Waals surface area contributed by atoms with Crippen molar-refractivity contribution < 1.29 is 23.7 Å². The molecule has 1 saturated heterocycles. The summed E-state index contributed by atoms with van der Waals surface area (Å²) in [4.78, 5) is 15.5. The third-order valence-corrected chi connectivity index (χ3v) is 6.80. The monoisotopic (exact) mass is 470 g/mol. The first-order chi connectivity index (χ1) is 16.4. The Kier molecular flexibility index (Phi) is 9.19. The lowest BCUT2D eigenvalue weighted by Crippen LogP contribution is -2.45. The van der Waals surface area contributed by atoms with Crippen molar-refractivity contribution in [1.82, 2.24) is 10.2 Å². The molecule has 1 atom stereocenters. The molecule has 0 spiro atoms. The van der Waals surface area contributed by atoms with Crippen molar-refractivity contribution in [2.75, 3.05) is 47.6 Å². The van der Waals surface area contributed by atoms with E-state index in [1.165, 1.54) is 16.7 Å². The highest BCUT2D eigenvalue weighted by molar-refractivity contribution is 5.95. The van der Waals surface area contributed by atoms with Gasteiger partial charge in [0.1, 0.15) is 23.9 Å². The Bertz CT molecular complexity index is 970. The molecule has 0 radical (unpaired) electrons. The van der Waals surface area contributed by atoms with E-state index in [-0.39, 0.29) is 11.9 Å². The topological polar surface area (TPSA) is 69.3 Å². The van der Waals surface area contributed by atoms with Gasteiger partial charge in [0.25, 0.3) is 5.91 Å². The highest BCUT2D eigenvalue weighted by atomic mass is 16.5. The molecule has 0 bridgehead atoms. The van der Waals surface area contributed by atoms with Gasteiger partial charge in [0.15, 0.2) is 0 Å². The zero-order valence-electron chi connectivity index (χ0n) is 21.3. The van der Waals surface area contributed by atoms with E-state index in [4.69, 9.17) is 18.9 Å². The van der Waals surface area contributed by atoms with Crippen LogP contribution >= 0.6 is 0 Å². The fourth-order valence-corrected chi connectivity index (χ4v) is 4.53. The van der Waals surface area contributed by atoms with Crippen molar-refractivity contribution in [3.8, 4) is 17.2 Å². The lowest BCUT2D eigenvalue weighted by atomic mass is 9.94. The van der Waals surface area contributed by atoms with Gasteiger partial charge in [0.05, 0.1) is 20.8 Å². The summed E-state index contributed by atoms with van der Waals surface area (Å²) in [5.74, 6) is 2.01. The van der Waals surface area contributed by atoms with E-state index in [1.54, 1.807) is 39.5 Å². The molecule has 186 valence electrons. The molecule has 1 amide bonds. The second-order valence-electron chi connectivity index (χ2n) is 8.81. The molecule has 7 heteroatoms. The largest absolute Gasteiger partial charge is 0.497 e. The molecule has 34 heavy (non-hydrogen) atoms. The maximum absolute atomic E-state index is 13.0. The molecule has 1 aliphatic heterocycles. The summed E-state index contributed by atoms with van der Waals surface area (Å²) in [6, 6.07) is 9.95. The number of piperidine rings is 1. The number of methoxy groups -OCH3 is 3. The normalized spacial score (nSPS) is 15.6. The Balaban J connectivity index is 1.59.